The SMILES string of the molecule is CCN1/C(=C/C2=CC(=C/C=C3/SC(=S)N(CCC(=O)O)C3=O)/CC(C)(C)C2)Sc2ccccc21. The highest BCUT2D eigenvalue weighted by molar-refractivity contribution is 8.26. The first-order chi connectivity index (χ1) is 16.2. The summed E-state index contributed by atoms with van der Waals surface area (Å²) in [6.45, 7) is 7.73. The Hall–Kier alpha value is -2.29. The van der Waals surface area contributed by atoms with Crippen molar-refractivity contribution >= 4 is 57.6 Å². The summed E-state index contributed by atoms with van der Waals surface area (Å²) in [6, 6.07) is 8.50. The van der Waals surface area contributed by atoms with Crippen LogP contribution in [-0.2, 0) is 9.59 Å². The molecular weight excluding hydrogens is 484 g/mol. The average molecular weight is 513 g/mol. The summed E-state index contributed by atoms with van der Waals surface area (Å²) in [4.78, 5) is 29.1. The van der Waals surface area contributed by atoms with Crippen LogP contribution in [0, 0.1) is 5.41 Å². The van der Waals surface area contributed by atoms with Gasteiger partial charge < -0.3 is 10.0 Å². The lowest BCUT2D eigenvalue weighted by Gasteiger charge is -2.31. The Bertz CT molecular complexity index is 1160. The van der Waals surface area contributed by atoms with Gasteiger partial charge in [-0.05, 0) is 60.6 Å². The minimum atomic E-state index is -0.943. The molecule has 2 heterocycles. The summed E-state index contributed by atoms with van der Waals surface area (Å²) in [5.41, 5.74) is 3.81. The van der Waals surface area contributed by atoms with Crippen molar-refractivity contribution in [1.82, 2.24) is 4.90 Å². The molecule has 0 unspecified atom stereocenters. The zero-order chi connectivity index (χ0) is 24.5. The van der Waals surface area contributed by atoms with E-state index in [0.29, 0.717) is 9.23 Å². The van der Waals surface area contributed by atoms with E-state index in [1.807, 2.05) is 23.9 Å². The summed E-state index contributed by atoms with van der Waals surface area (Å²) in [5.74, 6) is -1.16. The summed E-state index contributed by atoms with van der Waals surface area (Å²) in [6.07, 6.45) is 10.2. The van der Waals surface area contributed by atoms with Gasteiger partial charge in [0.05, 0.1) is 22.0 Å². The van der Waals surface area contributed by atoms with Crippen LogP contribution in [0.5, 0.6) is 0 Å². The third kappa shape index (κ3) is 5.50. The van der Waals surface area contributed by atoms with Gasteiger partial charge in [-0.1, -0.05) is 73.9 Å². The van der Waals surface area contributed by atoms with Crippen molar-refractivity contribution in [1.29, 1.82) is 0 Å². The number of nitrogens with zero attached hydrogens (tertiary/aromatic N) is 2. The predicted molar refractivity (Wildman–Crippen MR) is 145 cm³/mol. The van der Waals surface area contributed by atoms with Crippen LogP contribution in [0.3, 0.4) is 0 Å². The highest BCUT2D eigenvalue weighted by atomic mass is 32.2. The Morgan fingerprint density at radius 2 is 1.94 bits per heavy atom. The lowest BCUT2D eigenvalue weighted by Crippen LogP contribution is -2.30. The Morgan fingerprint density at radius 3 is 2.68 bits per heavy atom. The number of allylic oxidation sites excluding steroid dienone is 6. The summed E-state index contributed by atoms with van der Waals surface area (Å²) in [5, 5.41) is 10.2. The fourth-order valence-electron chi connectivity index (χ4n) is 4.45. The number of carboxylic acids is 1. The monoisotopic (exact) mass is 512 g/mol. The van der Waals surface area contributed by atoms with Crippen LogP contribution in [-0.4, -0.2) is 39.3 Å². The third-order valence-corrected chi connectivity index (χ3v) is 8.38. The molecule has 0 atom stereocenters. The molecule has 3 aliphatic rings. The van der Waals surface area contributed by atoms with Gasteiger partial charge in [0, 0.05) is 18.0 Å². The molecular formula is C26H28N2O3S3. The van der Waals surface area contributed by atoms with E-state index in [1.165, 1.54) is 43.4 Å². The van der Waals surface area contributed by atoms with Crippen molar-refractivity contribution in [3.63, 3.8) is 0 Å². The first kappa shape index (κ1) is 24.8. The van der Waals surface area contributed by atoms with Crippen LogP contribution < -0.4 is 4.90 Å². The number of carbonyl (C=O) groups excluding carboxylic acids is 1. The predicted octanol–water partition coefficient (Wildman–Crippen LogP) is 6.35. The number of rotatable bonds is 6. The molecule has 1 N–H and O–H groups in total. The number of carbonyl (C=O) groups is 2. The Labute approximate surface area is 214 Å². The number of thioether (sulfide) groups is 2. The van der Waals surface area contributed by atoms with Gasteiger partial charge in [0.15, 0.2) is 0 Å². The molecule has 1 amide bonds. The smallest absolute Gasteiger partial charge is 0.305 e. The second-order valence-corrected chi connectivity index (χ2v) is 12.0. The Balaban J connectivity index is 1.57. The number of aliphatic carboxylic acids is 1. The molecule has 4 rings (SSSR count). The van der Waals surface area contributed by atoms with Crippen molar-refractivity contribution in [2.75, 3.05) is 18.0 Å². The molecule has 1 fully saturated rings. The van der Waals surface area contributed by atoms with Crippen molar-refractivity contribution in [3.05, 3.63) is 69.6 Å². The number of carboxylic acid groups (broad SMARTS) is 1. The molecule has 0 spiro atoms. The van der Waals surface area contributed by atoms with E-state index >= 15 is 0 Å². The van der Waals surface area contributed by atoms with Gasteiger partial charge in [0.25, 0.3) is 5.91 Å². The molecule has 0 radical (unpaired) electrons. The van der Waals surface area contributed by atoms with Gasteiger partial charge in [0.2, 0.25) is 0 Å². The van der Waals surface area contributed by atoms with E-state index in [9.17, 15) is 9.59 Å². The number of para-hydroxylation sites is 1. The van der Waals surface area contributed by atoms with Crippen LogP contribution in [0.25, 0.3) is 0 Å². The van der Waals surface area contributed by atoms with E-state index in [-0.39, 0.29) is 24.3 Å². The molecule has 1 aliphatic carbocycles. The van der Waals surface area contributed by atoms with Gasteiger partial charge in [-0.25, -0.2) is 0 Å². The first-order valence-corrected chi connectivity index (χ1v) is 13.3. The van der Waals surface area contributed by atoms with Gasteiger partial charge >= 0.3 is 5.97 Å². The summed E-state index contributed by atoms with van der Waals surface area (Å²) >= 11 is 8.34. The fraction of sp³-hybridized carbons (Fsp3) is 0.346. The molecule has 1 aromatic rings. The molecule has 0 bridgehead atoms. The highest BCUT2D eigenvalue weighted by Gasteiger charge is 2.32. The molecule has 8 heteroatoms. The van der Waals surface area contributed by atoms with Gasteiger partial charge in [-0.3, -0.25) is 14.5 Å². The number of hydrogen-bond donors (Lipinski definition) is 1. The zero-order valence-electron chi connectivity index (χ0n) is 19.5. The number of fused-ring (bicyclic) bond motifs is 1. The molecule has 2 aliphatic heterocycles. The fourth-order valence-corrected chi connectivity index (χ4v) is 6.90. The second-order valence-electron chi connectivity index (χ2n) is 9.27. The standard InChI is InChI=1S/C26H28N2O3S3/c1-4-27-19-7-5-6-8-20(19)33-22(27)14-18-13-17(15-26(2,3)16-18)9-10-21-24(31)28(25(32)34-21)12-11-23(29)30/h5-10,13-14H,4,11-12,15-16H2,1-3H3,(H,29,30)/b17-9-,21-10+,22-14-. The Morgan fingerprint density at radius 1 is 1.18 bits per heavy atom. The van der Waals surface area contributed by atoms with Crippen molar-refractivity contribution in [2.24, 2.45) is 5.41 Å². The molecule has 0 aromatic heterocycles. The number of amides is 1. The van der Waals surface area contributed by atoms with Crippen molar-refractivity contribution in [2.45, 2.75) is 44.9 Å². The van der Waals surface area contributed by atoms with Crippen LogP contribution >= 0.6 is 35.7 Å². The van der Waals surface area contributed by atoms with Crippen molar-refractivity contribution < 1.29 is 14.7 Å². The molecule has 0 saturated carbocycles. The molecule has 178 valence electrons. The van der Waals surface area contributed by atoms with Crippen LogP contribution in [0.15, 0.2) is 74.5 Å². The number of thiocarbonyl (C=S) groups is 1. The second kappa shape index (κ2) is 10.1. The highest BCUT2D eigenvalue weighted by Crippen LogP contribution is 2.47. The maximum Gasteiger partial charge on any atom is 0.305 e. The number of benzene rings is 1. The maximum atomic E-state index is 12.7. The number of anilines is 1. The van der Waals surface area contributed by atoms with Crippen molar-refractivity contribution in [3.8, 4) is 0 Å². The van der Waals surface area contributed by atoms with Crippen LogP contribution in [0.2, 0.25) is 0 Å². The summed E-state index contributed by atoms with van der Waals surface area (Å²) < 4.78 is 0.415. The lowest BCUT2D eigenvalue weighted by atomic mass is 9.75. The molecule has 5 nitrogen and oxygen atoms in total. The largest absolute Gasteiger partial charge is 0.481 e. The quantitative estimate of drug-likeness (QED) is 0.352. The average Bonchev–Trinajstić information content (AvgIpc) is 3.25. The molecule has 1 saturated heterocycles. The summed E-state index contributed by atoms with van der Waals surface area (Å²) in [7, 11) is 0. The van der Waals surface area contributed by atoms with E-state index in [2.05, 4.69) is 62.1 Å². The van der Waals surface area contributed by atoms with Gasteiger partial charge in [-0.2, -0.15) is 0 Å². The minimum absolute atomic E-state index is 0.104. The van der Waals surface area contributed by atoms with Crippen LogP contribution in [0.4, 0.5) is 5.69 Å². The topological polar surface area (TPSA) is 60.9 Å². The van der Waals surface area contributed by atoms with E-state index in [0.717, 1.165) is 19.4 Å². The lowest BCUT2D eigenvalue weighted by molar-refractivity contribution is -0.137. The minimum Gasteiger partial charge on any atom is -0.481 e. The zero-order valence-corrected chi connectivity index (χ0v) is 22.0. The maximum absolute atomic E-state index is 12.7. The van der Waals surface area contributed by atoms with Gasteiger partial charge in [-0.15, -0.1) is 0 Å². The van der Waals surface area contributed by atoms with E-state index in [4.69, 9.17) is 17.3 Å². The molecule has 34 heavy (non-hydrogen) atoms. The van der Waals surface area contributed by atoms with Gasteiger partial charge in [0.1, 0.15) is 4.32 Å². The van der Waals surface area contributed by atoms with E-state index < -0.39 is 5.97 Å². The van der Waals surface area contributed by atoms with Crippen LogP contribution in [0.1, 0.15) is 40.0 Å². The third-order valence-electron chi connectivity index (χ3n) is 5.87. The normalized spacial score (nSPS) is 23.3. The first-order valence-electron chi connectivity index (χ1n) is 11.3. The van der Waals surface area contributed by atoms with E-state index in [1.54, 1.807) is 0 Å². The molecule has 1 aromatic carbocycles. The Kier molecular flexibility index (Phi) is 7.40. The number of hydrogen-bond acceptors (Lipinski definition) is 6.